The summed E-state index contributed by atoms with van der Waals surface area (Å²) in [5.74, 6) is -0.489. The largest absolute Gasteiger partial charge is 0.465 e. The lowest BCUT2D eigenvalue weighted by Gasteiger charge is -2.26. The molecule has 22 heavy (non-hydrogen) atoms. The third kappa shape index (κ3) is 6.19. The number of rotatable bonds is 4. The van der Waals surface area contributed by atoms with E-state index < -0.39 is 5.97 Å². The van der Waals surface area contributed by atoms with Gasteiger partial charge in [0, 0.05) is 31.9 Å². The standard InChI is InChI=1S/C14H19N3O3.2ClH/c1-20-14(19)11-3-2-4-12(9-11)16-13(18)10-17-7-5-15-6-8-17;;/h2-4,9,15H,5-8,10H2,1H3,(H,16,18);2*1H. The molecule has 124 valence electrons. The quantitative estimate of drug-likeness (QED) is 0.798. The van der Waals surface area contributed by atoms with Crippen LogP contribution >= 0.6 is 24.8 Å². The van der Waals surface area contributed by atoms with Crippen molar-refractivity contribution in [2.45, 2.75) is 0 Å². The number of nitrogens with one attached hydrogen (secondary N) is 2. The molecule has 1 aromatic carbocycles. The van der Waals surface area contributed by atoms with E-state index in [1.54, 1.807) is 24.3 Å². The second kappa shape index (κ2) is 10.4. The van der Waals surface area contributed by atoms with Crippen LogP contribution in [0.4, 0.5) is 5.69 Å². The van der Waals surface area contributed by atoms with Crippen LogP contribution in [0.5, 0.6) is 0 Å². The molecule has 0 unspecified atom stereocenters. The molecule has 2 rings (SSSR count). The van der Waals surface area contributed by atoms with Gasteiger partial charge in [0.2, 0.25) is 5.91 Å². The summed E-state index contributed by atoms with van der Waals surface area (Å²) in [4.78, 5) is 25.5. The molecule has 0 saturated carbocycles. The Bertz CT molecular complexity index is 494. The van der Waals surface area contributed by atoms with Gasteiger partial charge >= 0.3 is 5.97 Å². The molecule has 0 aliphatic carbocycles. The summed E-state index contributed by atoms with van der Waals surface area (Å²) < 4.78 is 4.65. The minimum Gasteiger partial charge on any atom is -0.465 e. The molecule has 1 fully saturated rings. The number of carbonyl (C=O) groups is 2. The Morgan fingerprint density at radius 1 is 1.27 bits per heavy atom. The number of esters is 1. The van der Waals surface area contributed by atoms with E-state index in [0.717, 1.165) is 26.2 Å². The minimum atomic E-state index is -0.414. The third-order valence-electron chi connectivity index (χ3n) is 3.14. The molecule has 0 aromatic heterocycles. The highest BCUT2D eigenvalue weighted by Gasteiger charge is 2.14. The van der Waals surface area contributed by atoms with Gasteiger partial charge in [0.25, 0.3) is 0 Å². The topological polar surface area (TPSA) is 70.7 Å². The van der Waals surface area contributed by atoms with Crippen molar-refractivity contribution >= 4 is 42.4 Å². The first-order valence-electron chi connectivity index (χ1n) is 6.60. The fourth-order valence-electron chi connectivity index (χ4n) is 2.11. The van der Waals surface area contributed by atoms with Gasteiger partial charge in [-0.2, -0.15) is 0 Å². The van der Waals surface area contributed by atoms with Crippen molar-refractivity contribution in [1.29, 1.82) is 0 Å². The number of ether oxygens (including phenoxy) is 1. The summed E-state index contributed by atoms with van der Waals surface area (Å²) in [6.45, 7) is 3.92. The van der Waals surface area contributed by atoms with Crippen molar-refractivity contribution in [3.63, 3.8) is 0 Å². The van der Waals surface area contributed by atoms with Gasteiger partial charge in [-0.15, -0.1) is 24.8 Å². The number of amides is 1. The molecule has 8 heteroatoms. The zero-order valence-electron chi connectivity index (χ0n) is 12.3. The lowest BCUT2D eigenvalue weighted by atomic mass is 10.2. The maximum Gasteiger partial charge on any atom is 0.337 e. The van der Waals surface area contributed by atoms with Gasteiger partial charge in [-0.05, 0) is 18.2 Å². The van der Waals surface area contributed by atoms with Crippen LogP contribution < -0.4 is 10.6 Å². The number of benzene rings is 1. The van der Waals surface area contributed by atoms with Crippen molar-refractivity contribution in [2.24, 2.45) is 0 Å². The van der Waals surface area contributed by atoms with Crippen LogP contribution in [0, 0.1) is 0 Å². The fourth-order valence-corrected chi connectivity index (χ4v) is 2.11. The lowest BCUT2D eigenvalue weighted by Crippen LogP contribution is -2.46. The number of carbonyl (C=O) groups excluding carboxylic acids is 2. The Labute approximate surface area is 142 Å². The van der Waals surface area contributed by atoms with E-state index in [1.807, 2.05) is 0 Å². The smallest absolute Gasteiger partial charge is 0.337 e. The van der Waals surface area contributed by atoms with Crippen molar-refractivity contribution in [2.75, 3.05) is 45.2 Å². The first kappa shape index (κ1) is 20.7. The fraction of sp³-hybridized carbons (Fsp3) is 0.429. The van der Waals surface area contributed by atoms with E-state index in [0.29, 0.717) is 17.8 Å². The Balaban J connectivity index is 0.00000220. The molecule has 1 amide bonds. The van der Waals surface area contributed by atoms with Crippen LogP contribution in [-0.4, -0.2) is 56.6 Å². The Kier molecular flexibility index (Phi) is 9.76. The number of methoxy groups -OCH3 is 1. The Hall–Kier alpha value is -1.34. The molecular weight excluding hydrogens is 329 g/mol. The predicted octanol–water partition coefficient (Wildman–Crippen LogP) is 1.16. The third-order valence-corrected chi connectivity index (χ3v) is 3.14. The molecule has 1 aliphatic heterocycles. The van der Waals surface area contributed by atoms with Crippen LogP contribution in [0.1, 0.15) is 10.4 Å². The average molecular weight is 350 g/mol. The number of halogens is 2. The van der Waals surface area contributed by atoms with Gasteiger partial charge in [0.15, 0.2) is 0 Å². The molecule has 6 nitrogen and oxygen atoms in total. The number of hydrogen-bond acceptors (Lipinski definition) is 5. The van der Waals surface area contributed by atoms with E-state index in [2.05, 4.69) is 20.3 Å². The highest BCUT2D eigenvalue weighted by Crippen LogP contribution is 2.11. The van der Waals surface area contributed by atoms with Crippen LogP contribution in [-0.2, 0) is 9.53 Å². The summed E-state index contributed by atoms with van der Waals surface area (Å²) in [6, 6.07) is 6.73. The van der Waals surface area contributed by atoms with E-state index in [9.17, 15) is 9.59 Å². The summed E-state index contributed by atoms with van der Waals surface area (Å²) >= 11 is 0. The zero-order chi connectivity index (χ0) is 14.4. The van der Waals surface area contributed by atoms with Gasteiger partial charge in [-0.3, -0.25) is 9.69 Å². The predicted molar refractivity (Wildman–Crippen MR) is 90.2 cm³/mol. The monoisotopic (exact) mass is 349 g/mol. The second-order valence-corrected chi connectivity index (χ2v) is 4.65. The van der Waals surface area contributed by atoms with Gasteiger partial charge in [0.05, 0.1) is 19.2 Å². The van der Waals surface area contributed by atoms with E-state index in [-0.39, 0.29) is 30.7 Å². The normalized spacial score (nSPS) is 14.2. The number of hydrogen-bond donors (Lipinski definition) is 2. The summed E-state index contributed by atoms with van der Waals surface area (Å²) in [5, 5.41) is 6.04. The van der Waals surface area contributed by atoms with Crippen molar-refractivity contribution < 1.29 is 14.3 Å². The molecule has 1 aliphatic rings. The van der Waals surface area contributed by atoms with E-state index in [4.69, 9.17) is 0 Å². The molecule has 0 spiro atoms. The van der Waals surface area contributed by atoms with Crippen LogP contribution in [0.25, 0.3) is 0 Å². The Morgan fingerprint density at radius 3 is 2.59 bits per heavy atom. The van der Waals surface area contributed by atoms with Gasteiger partial charge in [-0.1, -0.05) is 6.07 Å². The summed E-state index contributed by atoms with van der Waals surface area (Å²) in [5.41, 5.74) is 1.03. The van der Waals surface area contributed by atoms with Gasteiger partial charge in [0.1, 0.15) is 0 Å². The van der Waals surface area contributed by atoms with Gasteiger partial charge in [-0.25, -0.2) is 4.79 Å². The van der Waals surface area contributed by atoms with Crippen molar-refractivity contribution in [3.05, 3.63) is 29.8 Å². The van der Waals surface area contributed by atoms with Crippen LogP contribution in [0.2, 0.25) is 0 Å². The summed E-state index contributed by atoms with van der Waals surface area (Å²) in [7, 11) is 1.33. The molecule has 1 aromatic rings. The summed E-state index contributed by atoms with van der Waals surface area (Å²) in [6.07, 6.45) is 0. The molecule has 0 radical (unpaired) electrons. The first-order chi connectivity index (χ1) is 9.69. The van der Waals surface area contributed by atoms with Crippen molar-refractivity contribution in [3.8, 4) is 0 Å². The van der Waals surface area contributed by atoms with E-state index >= 15 is 0 Å². The highest BCUT2D eigenvalue weighted by molar-refractivity contribution is 5.95. The number of piperazine rings is 1. The Morgan fingerprint density at radius 2 is 1.95 bits per heavy atom. The van der Waals surface area contributed by atoms with Gasteiger partial charge < -0.3 is 15.4 Å². The number of nitrogens with zero attached hydrogens (tertiary/aromatic N) is 1. The average Bonchev–Trinajstić information content (AvgIpc) is 2.47. The van der Waals surface area contributed by atoms with Crippen molar-refractivity contribution in [1.82, 2.24) is 10.2 Å². The first-order valence-corrected chi connectivity index (χ1v) is 6.60. The maximum absolute atomic E-state index is 11.9. The number of anilines is 1. The molecular formula is C14H21Cl2N3O3. The molecule has 1 saturated heterocycles. The maximum atomic E-state index is 11.9. The molecule has 0 atom stereocenters. The SMILES string of the molecule is COC(=O)c1cccc(NC(=O)CN2CCNCC2)c1.Cl.Cl. The minimum absolute atomic E-state index is 0. The second-order valence-electron chi connectivity index (χ2n) is 4.65. The zero-order valence-corrected chi connectivity index (χ0v) is 14.0. The lowest BCUT2D eigenvalue weighted by molar-refractivity contribution is -0.117. The molecule has 2 N–H and O–H groups in total. The highest BCUT2D eigenvalue weighted by atomic mass is 35.5. The molecule has 0 bridgehead atoms. The van der Waals surface area contributed by atoms with Crippen LogP contribution in [0.15, 0.2) is 24.3 Å². The van der Waals surface area contributed by atoms with Crippen LogP contribution in [0.3, 0.4) is 0 Å². The molecule has 1 heterocycles. The van der Waals surface area contributed by atoms with E-state index in [1.165, 1.54) is 7.11 Å².